The third-order valence-electron chi connectivity index (χ3n) is 6.59. The van der Waals surface area contributed by atoms with Crippen LogP contribution in [0.3, 0.4) is 0 Å². The molecule has 0 unspecified atom stereocenters. The Bertz CT molecular complexity index is 1420. The van der Waals surface area contributed by atoms with Crippen LogP contribution in [0.5, 0.6) is 5.75 Å². The Kier molecular flexibility index (Phi) is 7.57. The van der Waals surface area contributed by atoms with Gasteiger partial charge in [0.1, 0.15) is 11.6 Å². The number of nitriles is 1. The van der Waals surface area contributed by atoms with Crippen molar-refractivity contribution < 1.29 is 9.53 Å². The molecule has 2 aromatic heterocycles. The van der Waals surface area contributed by atoms with E-state index in [0.29, 0.717) is 17.0 Å². The number of carbonyl (C=O) groups is 1. The Balaban J connectivity index is 1.15. The summed E-state index contributed by atoms with van der Waals surface area (Å²) in [5, 5.41) is 11.8. The summed E-state index contributed by atoms with van der Waals surface area (Å²) in [6.07, 6.45) is 4.73. The number of pyridine rings is 2. The molecular formula is C30H28N6O2. The molecule has 2 aromatic carbocycles. The van der Waals surface area contributed by atoms with Crippen LogP contribution in [-0.2, 0) is 6.54 Å². The van der Waals surface area contributed by atoms with E-state index in [0.717, 1.165) is 55.2 Å². The summed E-state index contributed by atoms with van der Waals surface area (Å²) >= 11 is 0. The highest BCUT2D eigenvalue weighted by Gasteiger charge is 2.18. The van der Waals surface area contributed by atoms with Gasteiger partial charge in [-0.15, -0.1) is 0 Å². The summed E-state index contributed by atoms with van der Waals surface area (Å²) in [5.41, 5.74) is 5.36. The first kappa shape index (κ1) is 24.9. The molecule has 38 heavy (non-hydrogen) atoms. The highest BCUT2D eigenvalue weighted by atomic mass is 16.6. The van der Waals surface area contributed by atoms with Gasteiger partial charge in [0.15, 0.2) is 0 Å². The normalized spacial score (nSPS) is 13.5. The number of piperazine rings is 1. The molecule has 8 nitrogen and oxygen atoms in total. The van der Waals surface area contributed by atoms with Gasteiger partial charge in [0.05, 0.1) is 23.5 Å². The fraction of sp³-hybridized carbons (Fsp3) is 0.200. The van der Waals surface area contributed by atoms with Crippen LogP contribution in [0.2, 0.25) is 0 Å². The number of rotatable bonds is 6. The summed E-state index contributed by atoms with van der Waals surface area (Å²) in [6, 6.07) is 22.8. The third-order valence-corrected chi connectivity index (χ3v) is 6.59. The fourth-order valence-electron chi connectivity index (χ4n) is 4.48. The van der Waals surface area contributed by atoms with E-state index >= 15 is 0 Å². The quantitative estimate of drug-likeness (QED) is 0.383. The lowest BCUT2D eigenvalue weighted by Crippen LogP contribution is -2.46. The first-order valence-corrected chi connectivity index (χ1v) is 12.5. The number of anilines is 2. The van der Waals surface area contributed by atoms with Gasteiger partial charge >= 0.3 is 6.09 Å². The van der Waals surface area contributed by atoms with Crippen LogP contribution in [0.1, 0.15) is 16.7 Å². The molecule has 0 aliphatic carbocycles. The van der Waals surface area contributed by atoms with E-state index in [1.54, 1.807) is 24.4 Å². The van der Waals surface area contributed by atoms with Gasteiger partial charge in [0, 0.05) is 45.1 Å². The number of nitrogens with zero attached hydrogens (tertiary/aromatic N) is 5. The molecule has 1 amide bonds. The highest BCUT2D eigenvalue weighted by molar-refractivity contribution is 5.86. The minimum atomic E-state index is -0.584. The smallest absolute Gasteiger partial charge is 0.410 e. The maximum atomic E-state index is 12.6. The van der Waals surface area contributed by atoms with E-state index in [4.69, 9.17) is 10.00 Å². The van der Waals surface area contributed by atoms with Crippen molar-refractivity contribution in [2.75, 3.05) is 36.4 Å². The highest BCUT2D eigenvalue weighted by Crippen LogP contribution is 2.28. The zero-order chi connectivity index (χ0) is 26.3. The predicted molar refractivity (Wildman–Crippen MR) is 147 cm³/mol. The number of nitrogens with one attached hydrogen (secondary N) is 1. The van der Waals surface area contributed by atoms with Crippen molar-refractivity contribution >= 4 is 17.6 Å². The van der Waals surface area contributed by atoms with Gasteiger partial charge in [-0.05, 0) is 77.7 Å². The molecule has 1 aliphatic heterocycles. The van der Waals surface area contributed by atoms with Crippen molar-refractivity contribution in [2.24, 2.45) is 0 Å². The first-order chi connectivity index (χ1) is 18.6. The third kappa shape index (κ3) is 6.14. The lowest BCUT2D eigenvalue weighted by atomic mass is 9.99. The number of ether oxygens (including phenoxy) is 1. The summed E-state index contributed by atoms with van der Waals surface area (Å²) in [6.45, 7) is 6.61. The van der Waals surface area contributed by atoms with Crippen LogP contribution in [0.25, 0.3) is 11.1 Å². The molecule has 0 bridgehead atoms. The van der Waals surface area contributed by atoms with Gasteiger partial charge in [-0.2, -0.15) is 5.26 Å². The van der Waals surface area contributed by atoms with Crippen molar-refractivity contribution in [1.82, 2.24) is 14.9 Å². The largest absolute Gasteiger partial charge is 0.417 e. The Morgan fingerprint density at radius 1 is 1.00 bits per heavy atom. The van der Waals surface area contributed by atoms with Gasteiger partial charge in [-0.1, -0.05) is 18.2 Å². The minimum absolute atomic E-state index is 0.432. The lowest BCUT2D eigenvalue weighted by molar-refractivity contribution is 0.215. The van der Waals surface area contributed by atoms with Crippen LogP contribution < -0.4 is 15.0 Å². The van der Waals surface area contributed by atoms with E-state index < -0.39 is 6.09 Å². The monoisotopic (exact) mass is 504 g/mol. The second-order valence-corrected chi connectivity index (χ2v) is 9.20. The number of aromatic nitrogens is 2. The molecule has 1 N–H and O–H groups in total. The lowest BCUT2D eigenvalue weighted by Gasteiger charge is -2.35. The van der Waals surface area contributed by atoms with Gasteiger partial charge < -0.3 is 9.64 Å². The first-order valence-electron chi connectivity index (χ1n) is 12.5. The number of benzene rings is 2. The van der Waals surface area contributed by atoms with Crippen molar-refractivity contribution in [3.63, 3.8) is 0 Å². The minimum Gasteiger partial charge on any atom is -0.410 e. The molecule has 190 valence electrons. The second-order valence-electron chi connectivity index (χ2n) is 9.20. The average molecular weight is 505 g/mol. The molecule has 0 atom stereocenters. The van der Waals surface area contributed by atoms with Gasteiger partial charge in [0.2, 0.25) is 0 Å². The molecule has 1 fully saturated rings. The number of carbonyl (C=O) groups excluding carboxylic acids is 1. The van der Waals surface area contributed by atoms with Gasteiger partial charge in [0.25, 0.3) is 0 Å². The van der Waals surface area contributed by atoms with Gasteiger partial charge in [-0.25, -0.2) is 9.78 Å². The van der Waals surface area contributed by atoms with E-state index in [2.05, 4.69) is 43.3 Å². The molecule has 4 aromatic rings. The second kappa shape index (κ2) is 11.5. The Morgan fingerprint density at radius 3 is 2.45 bits per heavy atom. The predicted octanol–water partition coefficient (Wildman–Crippen LogP) is 5.26. The zero-order valence-corrected chi connectivity index (χ0v) is 21.2. The molecule has 8 heteroatoms. The Labute approximate surface area is 222 Å². The zero-order valence-electron chi connectivity index (χ0n) is 21.2. The van der Waals surface area contributed by atoms with E-state index in [-0.39, 0.29) is 0 Å². The van der Waals surface area contributed by atoms with Crippen LogP contribution in [-0.4, -0.2) is 47.1 Å². The molecular weight excluding hydrogens is 476 g/mol. The molecule has 1 aliphatic rings. The summed E-state index contributed by atoms with van der Waals surface area (Å²) in [5.74, 6) is 1.32. The van der Waals surface area contributed by atoms with Crippen molar-refractivity contribution in [2.45, 2.75) is 13.5 Å². The summed E-state index contributed by atoms with van der Waals surface area (Å²) in [7, 11) is 0. The van der Waals surface area contributed by atoms with Crippen LogP contribution in [0.15, 0.2) is 85.3 Å². The number of hydrogen-bond acceptors (Lipinski definition) is 7. The van der Waals surface area contributed by atoms with E-state index in [1.165, 1.54) is 5.56 Å². The average Bonchev–Trinajstić information content (AvgIpc) is 2.95. The van der Waals surface area contributed by atoms with Crippen LogP contribution in [0, 0.1) is 18.3 Å². The van der Waals surface area contributed by atoms with Crippen LogP contribution in [0.4, 0.5) is 16.3 Å². The van der Waals surface area contributed by atoms with Gasteiger partial charge in [-0.3, -0.25) is 15.2 Å². The topological polar surface area (TPSA) is 94.4 Å². The standard InChI is InChI=1S/C30H28N6O2/c1-22-2-8-27(18-28(22)25-5-3-23(19-31)4-6-25)38-30(37)34-26-7-9-29(33-20-26)36-16-14-35(15-17-36)21-24-10-12-32-13-11-24/h2-13,18,20H,14-17,21H2,1H3,(H,34,37). The summed E-state index contributed by atoms with van der Waals surface area (Å²) in [4.78, 5) is 25.9. The number of amides is 1. The van der Waals surface area contributed by atoms with Crippen LogP contribution >= 0.6 is 0 Å². The number of hydrogen-bond donors (Lipinski definition) is 1. The molecule has 5 rings (SSSR count). The maximum Gasteiger partial charge on any atom is 0.417 e. The molecule has 0 saturated carbocycles. The molecule has 3 heterocycles. The van der Waals surface area contributed by atoms with E-state index in [9.17, 15) is 4.79 Å². The molecule has 1 saturated heterocycles. The van der Waals surface area contributed by atoms with Crippen molar-refractivity contribution in [3.05, 3.63) is 102 Å². The maximum absolute atomic E-state index is 12.6. The fourth-order valence-corrected chi connectivity index (χ4v) is 4.48. The SMILES string of the molecule is Cc1ccc(OC(=O)Nc2ccc(N3CCN(Cc4ccncc4)CC3)nc2)cc1-c1ccc(C#N)cc1. The summed E-state index contributed by atoms with van der Waals surface area (Å²) < 4.78 is 5.54. The molecule has 0 radical (unpaired) electrons. The Morgan fingerprint density at radius 2 is 1.76 bits per heavy atom. The van der Waals surface area contributed by atoms with Crippen molar-refractivity contribution in [3.8, 4) is 22.9 Å². The number of aryl methyl sites for hydroxylation is 1. The Hall–Kier alpha value is -4.74. The van der Waals surface area contributed by atoms with Crippen molar-refractivity contribution in [1.29, 1.82) is 5.26 Å². The molecule has 0 spiro atoms. The van der Waals surface area contributed by atoms with E-state index in [1.807, 2.05) is 55.7 Å².